The molecule has 2 aliphatic rings. The van der Waals surface area contributed by atoms with Crippen LogP contribution in [0.15, 0.2) is 24.4 Å². The number of nitriles is 1. The zero-order valence-electron chi connectivity index (χ0n) is 20.3. The molecule has 3 N–H and O–H groups in total. The molecule has 1 saturated heterocycles. The minimum Gasteiger partial charge on any atom is -0.497 e. The summed E-state index contributed by atoms with van der Waals surface area (Å²) in [5, 5.41) is 12.5. The average Bonchev–Trinajstić information content (AvgIpc) is 3.18. The van der Waals surface area contributed by atoms with Crippen molar-refractivity contribution in [3.05, 3.63) is 41.2 Å². The van der Waals surface area contributed by atoms with Crippen molar-refractivity contribution in [1.29, 1.82) is 5.26 Å². The van der Waals surface area contributed by atoms with Gasteiger partial charge in [0.25, 0.3) is 5.91 Å². The molecule has 2 fully saturated rings. The normalized spacial score (nSPS) is 22.0. The van der Waals surface area contributed by atoms with Gasteiger partial charge < -0.3 is 20.7 Å². The first-order chi connectivity index (χ1) is 16.5. The number of carbonyl (C=O) groups is 1. The van der Waals surface area contributed by atoms with Gasteiger partial charge in [-0.1, -0.05) is 0 Å². The maximum Gasteiger partial charge on any atom is 0.255 e. The minimum atomic E-state index is -2.67. The van der Waals surface area contributed by atoms with Gasteiger partial charge in [-0.2, -0.15) is 5.26 Å². The molecule has 1 aromatic heterocycles. The molecule has 0 spiro atoms. The lowest BCUT2D eigenvalue weighted by Gasteiger charge is -2.30. The Balaban J connectivity index is 1.79. The van der Waals surface area contributed by atoms with Crippen LogP contribution in [0.1, 0.15) is 60.6 Å². The third-order valence-corrected chi connectivity index (χ3v) is 6.92. The number of amides is 1. The highest BCUT2D eigenvalue weighted by atomic mass is 19.3. The molecule has 1 atom stereocenters. The fourth-order valence-corrected chi connectivity index (χ4v) is 4.98. The van der Waals surface area contributed by atoms with E-state index in [2.05, 4.69) is 21.3 Å². The molecule has 2 aromatic rings. The number of pyridine rings is 1. The third-order valence-electron chi connectivity index (χ3n) is 6.92. The van der Waals surface area contributed by atoms with E-state index < -0.39 is 11.5 Å². The van der Waals surface area contributed by atoms with Crippen LogP contribution in [-0.2, 0) is 0 Å². The van der Waals surface area contributed by atoms with E-state index >= 15 is 0 Å². The van der Waals surface area contributed by atoms with Crippen molar-refractivity contribution >= 4 is 11.6 Å². The molecule has 0 bridgehead atoms. The van der Waals surface area contributed by atoms with E-state index in [-0.39, 0.29) is 37.6 Å². The molecule has 1 amide bonds. The lowest BCUT2D eigenvalue weighted by molar-refractivity contribution is -0.0399. The van der Waals surface area contributed by atoms with Crippen molar-refractivity contribution in [1.82, 2.24) is 10.3 Å². The summed E-state index contributed by atoms with van der Waals surface area (Å²) in [6, 6.07) is 7.05. The molecule has 1 aromatic carbocycles. The smallest absolute Gasteiger partial charge is 0.255 e. The summed E-state index contributed by atoms with van der Waals surface area (Å²) in [6.07, 6.45) is 2.27. The Morgan fingerprint density at radius 3 is 2.60 bits per heavy atom. The largest absolute Gasteiger partial charge is 0.497 e. The topological polar surface area (TPSA) is 104 Å². The van der Waals surface area contributed by atoms with Crippen molar-refractivity contribution in [2.75, 3.05) is 25.1 Å². The highest BCUT2D eigenvalue weighted by molar-refractivity contribution is 6.04. The van der Waals surface area contributed by atoms with Crippen molar-refractivity contribution < 1.29 is 18.3 Å². The standard InChI is InChI=1S/C26H31F2N5O2/c1-16-22(18-10-17(13-29)11-20(12-18)35-3)23(33-9-8-25(2,30)15-33)21(14-31-16)24(34)32-19-4-6-26(27,28)7-5-19/h10-12,14,19H,4-9,15,30H2,1-3H3,(H,32,34)/t25-/m0/s1. The number of rotatable bonds is 5. The van der Waals surface area contributed by atoms with E-state index in [9.17, 15) is 18.8 Å². The number of aryl methyl sites for hydroxylation is 1. The van der Waals surface area contributed by atoms with Gasteiger partial charge in [0.2, 0.25) is 5.92 Å². The minimum absolute atomic E-state index is 0.228. The molecule has 7 nitrogen and oxygen atoms in total. The first-order valence-corrected chi connectivity index (χ1v) is 11.8. The molecule has 35 heavy (non-hydrogen) atoms. The van der Waals surface area contributed by atoms with Gasteiger partial charge >= 0.3 is 0 Å². The van der Waals surface area contributed by atoms with Crippen LogP contribution in [0.25, 0.3) is 11.1 Å². The number of methoxy groups -OCH3 is 1. The van der Waals surface area contributed by atoms with Gasteiger partial charge in [-0.25, -0.2) is 8.78 Å². The third kappa shape index (κ3) is 5.38. The number of hydrogen-bond donors (Lipinski definition) is 2. The second-order valence-corrected chi connectivity index (χ2v) is 9.97. The number of halogens is 2. The van der Waals surface area contributed by atoms with Gasteiger partial charge in [0.05, 0.1) is 30.0 Å². The van der Waals surface area contributed by atoms with E-state index in [1.165, 1.54) is 7.11 Å². The summed E-state index contributed by atoms with van der Waals surface area (Å²) >= 11 is 0. The Morgan fingerprint density at radius 1 is 1.29 bits per heavy atom. The predicted molar refractivity (Wildman–Crippen MR) is 130 cm³/mol. The van der Waals surface area contributed by atoms with Crippen molar-refractivity contribution in [3.63, 3.8) is 0 Å². The van der Waals surface area contributed by atoms with Crippen LogP contribution in [-0.4, -0.2) is 48.6 Å². The first kappa shape index (κ1) is 24.9. The summed E-state index contributed by atoms with van der Waals surface area (Å²) < 4.78 is 32.6. The van der Waals surface area contributed by atoms with Gasteiger partial charge in [-0.05, 0) is 56.9 Å². The fourth-order valence-electron chi connectivity index (χ4n) is 4.98. The molecule has 4 rings (SSSR count). The van der Waals surface area contributed by atoms with Crippen LogP contribution >= 0.6 is 0 Å². The van der Waals surface area contributed by atoms with E-state index in [1.54, 1.807) is 18.3 Å². The van der Waals surface area contributed by atoms with E-state index in [4.69, 9.17) is 10.5 Å². The molecule has 9 heteroatoms. The zero-order chi connectivity index (χ0) is 25.4. The highest BCUT2D eigenvalue weighted by Crippen LogP contribution is 2.40. The van der Waals surface area contributed by atoms with Crippen LogP contribution in [0.2, 0.25) is 0 Å². The lowest BCUT2D eigenvalue weighted by atomic mass is 9.91. The van der Waals surface area contributed by atoms with Gasteiger partial charge in [0, 0.05) is 55.0 Å². The quantitative estimate of drug-likeness (QED) is 0.661. The Labute approximate surface area is 204 Å². The predicted octanol–water partition coefficient (Wildman–Crippen LogP) is 4.17. The number of aromatic nitrogens is 1. The average molecular weight is 484 g/mol. The molecular weight excluding hydrogens is 452 g/mol. The van der Waals surface area contributed by atoms with Crippen LogP contribution in [0, 0.1) is 18.3 Å². The number of benzene rings is 1. The van der Waals surface area contributed by atoms with Crippen LogP contribution < -0.4 is 20.7 Å². The lowest BCUT2D eigenvalue weighted by Crippen LogP contribution is -2.42. The molecule has 1 aliphatic carbocycles. The van der Waals surface area contributed by atoms with E-state index in [0.717, 1.165) is 12.0 Å². The maximum absolute atomic E-state index is 13.6. The Kier molecular flexibility index (Phi) is 6.69. The number of hydrogen-bond acceptors (Lipinski definition) is 6. The summed E-state index contributed by atoms with van der Waals surface area (Å²) in [6.45, 7) is 5.01. The number of nitrogens with one attached hydrogen (secondary N) is 1. The number of anilines is 1. The van der Waals surface area contributed by atoms with Crippen molar-refractivity contribution in [2.24, 2.45) is 5.73 Å². The SMILES string of the molecule is COc1cc(C#N)cc(-c2c(C)ncc(C(=O)NC3CCC(F)(F)CC3)c2N2CC[C@](C)(N)C2)c1. The molecule has 1 aliphatic heterocycles. The van der Waals surface area contributed by atoms with Crippen molar-refractivity contribution in [3.8, 4) is 22.9 Å². The molecule has 2 heterocycles. The number of alkyl halides is 2. The zero-order valence-corrected chi connectivity index (χ0v) is 20.3. The van der Waals surface area contributed by atoms with Gasteiger partial charge in [0.1, 0.15) is 5.75 Å². The Morgan fingerprint density at radius 2 is 2.00 bits per heavy atom. The number of nitrogens with zero attached hydrogens (tertiary/aromatic N) is 3. The fraction of sp³-hybridized carbons (Fsp3) is 0.500. The molecule has 186 valence electrons. The first-order valence-electron chi connectivity index (χ1n) is 11.8. The molecule has 1 saturated carbocycles. The summed E-state index contributed by atoms with van der Waals surface area (Å²) in [5.74, 6) is -2.50. The number of ether oxygens (including phenoxy) is 1. The number of nitrogens with two attached hydrogens (primary N) is 1. The Bertz CT molecular complexity index is 1170. The second kappa shape index (κ2) is 9.42. The monoisotopic (exact) mass is 483 g/mol. The van der Waals surface area contributed by atoms with Crippen LogP contribution in [0.4, 0.5) is 14.5 Å². The summed E-state index contributed by atoms with van der Waals surface area (Å²) in [7, 11) is 1.53. The number of carbonyl (C=O) groups excluding carboxylic acids is 1. The van der Waals surface area contributed by atoms with Gasteiger partial charge in [-0.15, -0.1) is 0 Å². The summed E-state index contributed by atoms with van der Waals surface area (Å²) in [4.78, 5) is 20.1. The van der Waals surface area contributed by atoms with Gasteiger partial charge in [-0.3, -0.25) is 9.78 Å². The molecular formula is C26H31F2N5O2. The molecule has 0 unspecified atom stereocenters. The maximum atomic E-state index is 13.6. The highest BCUT2D eigenvalue weighted by Gasteiger charge is 2.37. The van der Waals surface area contributed by atoms with Crippen molar-refractivity contribution in [2.45, 2.75) is 63.5 Å². The van der Waals surface area contributed by atoms with E-state index in [0.29, 0.717) is 46.9 Å². The van der Waals surface area contributed by atoms with E-state index in [1.807, 2.05) is 19.9 Å². The van der Waals surface area contributed by atoms with Gasteiger partial charge in [0.15, 0.2) is 0 Å². The summed E-state index contributed by atoms with van der Waals surface area (Å²) in [5.41, 5.74) is 9.60. The Hall–Kier alpha value is -3.25. The van der Waals surface area contributed by atoms with Crippen LogP contribution in [0.3, 0.4) is 0 Å². The second-order valence-electron chi connectivity index (χ2n) is 9.97. The van der Waals surface area contributed by atoms with Crippen LogP contribution in [0.5, 0.6) is 5.75 Å². The molecule has 0 radical (unpaired) electrons.